The van der Waals surface area contributed by atoms with Gasteiger partial charge in [-0.05, 0) is 0 Å². The Morgan fingerprint density at radius 1 is 0.909 bits per heavy atom. The molecule has 0 aliphatic heterocycles. The third-order valence-corrected chi connectivity index (χ3v) is 1.80. The van der Waals surface area contributed by atoms with E-state index in [1.54, 1.807) is 0 Å². The zero-order valence-electron chi connectivity index (χ0n) is 4.76. The van der Waals surface area contributed by atoms with Crippen molar-refractivity contribution in [3.8, 4) is 0 Å². The molecule has 11 heteroatoms. The van der Waals surface area contributed by atoms with Gasteiger partial charge in [-0.2, -0.15) is 0 Å². The van der Waals surface area contributed by atoms with Crippen LogP contribution in [0.2, 0.25) is 0 Å². The summed E-state index contributed by atoms with van der Waals surface area (Å²) in [4.78, 5) is 37.3. The average molecular weight is 303 g/mol. The molecule has 0 unspecified atom stereocenters. The minimum Gasteiger partial charge on any atom is -0.790 e. The normalized spacial score (nSPS) is 11.3. The van der Waals surface area contributed by atoms with Gasteiger partial charge in [0.25, 0.3) is 0 Å². The fraction of sp³-hybridized carbons (Fsp3) is 0. The van der Waals surface area contributed by atoms with E-state index >= 15 is 0 Å². The SMILES string of the molecule is O=P([O-])([O-])OP(=O)([O-])[O-].[Cu+2].[Zn+2]. The van der Waals surface area contributed by atoms with Crippen molar-refractivity contribution in [3.63, 3.8) is 0 Å². The van der Waals surface area contributed by atoms with E-state index in [1.807, 2.05) is 0 Å². The third-order valence-electron chi connectivity index (χ3n) is 0.200. The third kappa shape index (κ3) is 18.4. The number of phosphoric acid groups is 2. The van der Waals surface area contributed by atoms with E-state index in [0.29, 0.717) is 0 Å². The molecule has 0 rings (SSSR count). The van der Waals surface area contributed by atoms with Crippen molar-refractivity contribution in [1.82, 2.24) is 0 Å². The van der Waals surface area contributed by atoms with Gasteiger partial charge in [0.1, 0.15) is 0 Å². The molecule has 11 heavy (non-hydrogen) atoms. The minimum absolute atomic E-state index is 0. The molecule has 0 aliphatic rings. The maximum Gasteiger partial charge on any atom is 2.00 e. The van der Waals surface area contributed by atoms with Crippen molar-refractivity contribution in [2.75, 3.05) is 0 Å². The molecule has 0 aromatic carbocycles. The van der Waals surface area contributed by atoms with E-state index < -0.39 is 15.6 Å². The van der Waals surface area contributed by atoms with Gasteiger partial charge in [0.05, 0.1) is 15.6 Å². The van der Waals surface area contributed by atoms with Gasteiger partial charge in [0.15, 0.2) is 0 Å². The Bertz CT molecular complexity index is 157. The molecule has 0 bridgehead atoms. The Morgan fingerprint density at radius 2 is 1.09 bits per heavy atom. The van der Waals surface area contributed by atoms with Crippen LogP contribution in [-0.2, 0) is 50.0 Å². The van der Waals surface area contributed by atoms with Crippen LogP contribution in [0.25, 0.3) is 0 Å². The second kappa shape index (κ2) is 5.95. The quantitative estimate of drug-likeness (QED) is 0.384. The minimum atomic E-state index is -5.68. The fourth-order valence-corrected chi connectivity index (χ4v) is 1.10. The molecule has 0 spiro atoms. The molecule has 0 saturated heterocycles. The predicted molar refractivity (Wildman–Crippen MR) is 16.3 cm³/mol. The fourth-order valence-electron chi connectivity index (χ4n) is 0.122. The average Bonchev–Trinajstić information content (AvgIpc) is 1.14. The first-order valence-corrected chi connectivity index (χ1v) is 4.38. The molecule has 0 N–H and O–H groups in total. The van der Waals surface area contributed by atoms with E-state index in [4.69, 9.17) is 0 Å². The van der Waals surface area contributed by atoms with Crippen LogP contribution in [0.1, 0.15) is 0 Å². The van der Waals surface area contributed by atoms with Crippen LogP contribution in [-0.4, -0.2) is 0 Å². The molecule has 1 radical (unpaired) electrons. The molecule has 7 nitrogen and oxygen atoms in total. The molecule has 0 saturated carbocycles. The molecular weight excluding hydrogens is 303 g/mol. The number of rotatable bonds is 2. The van der Waals surface area contributed by atoms with Crippen LogP contribution in [0, 0.1) is 0 Å². The van der Waals surface area contributed by atoms with Crippen LogP contribution in [0.5, 0.6) is 0 Å². The summed E-state index contributed by atoms with van der Waals surface area (Å²) in [6.45, 7) is 0. The van der Waals surface area contributed by atoms with Crippen molar-refractivity contribution in [1.29, 1.82) is 0 Å². The Balaban J connectivity index is -0.000000320. The summed E-state index contributed by atoms with van der Waals surface area (Å²) in [6, 6.07) is 0. The monoisotopic (exact) mass is 301 g/mol. The van der Waals surface area contributed by atoms with Gasteiger partial charge in [0, 0.05) is 0 Å². The standard InChI is InChI=1S/Cu.H4O7P2.Zn/c;1-8(2,3)7-9(4,5)6;/h;(H2,1,2,3)(H2,4,5,6);/q+2;;+2/p-4. The van der Waals surface area contributed by atoms with Crippen LogP contribution in [0.15, 0.2) is 0 Å². The smallest absolute Gasteiger partial charge is 0.790 e. The maximum atomic E-state index is 9.32. The molecule has 0 heterocycles. The first-order valence-electron chi connectivity index (χ1n) is 1.46. The van der Waals surface area contributed by atoms with Gasteiger partial charge >= 0.3 is 36.5 Å². The van der Waals surface area contributed by atoms with Gasteiger partial charge in [-0.25, -0.2) is 0 Å². The van der Waals surface area contributed by atoms with Crippen LogP contribution in [0.3, 0.4) is 0 Å². The summed E-state index contributed by atoms with van der Waals surface area (Å²) in [7, 11) is -11.4. The topological polar surface area (TPSA) is 136 Å². The summed E-state index contributed by atoms with van der Waals surface area (Å²) >= 11 is 0. The summed E-state index contributed by atoms with van der Waals surface area (Å²) < 4.78 is 21.2. The summed E-state index contributed by atoms with van der Waals surface area (Å²) in [5.41, 5.74) is 0. The molecule has 0 atom stereocenters. The first-order chi connectivity index (χ1) is 3.71. The molecule has 0 aromatic heterocycles. The molecule has 0 amide bonds. The molecule has 0 aliphatic carbocycles. The summed E-state index contributed by atoms with van der Waals surface area (Å²) in [5, 5.41) is 0. The van der Waals surface area contributed by atoms with E-state index in [-0.39, 0.29) is 36.5 Å². The van der Waals surface area contributed by atoms with Gasteiger partial charge in [-0.15, -0.1) is 0 Å². The van der Waals surface area contributed by atoms with Gasteiger partial charge in [-0.3, -0.25) is 0 Å². The van der Waals surface area contributed by atoms with Gasteiger partial charge in [0.2, 0.25) is 0 Å². The van der Waals surface area contributed by atoms with Crippen LogP contribution >= 0.6 is 15.6 Å². The van der Waals surface area contributed by atoms with Gasteiger partial charge < -0.3 is 33.0 Å². The maximum absolute atomic E-state index is 9.32. The molecule has 0 aromatic rings. The molecule has 65 valence electrons. The zero-order valence-corrected chi connectivity index (χ0v) is 10.5. The van der Waals surface area contributed by atoms with Crippen LogP contribution < -0.4 is 19.6 Å². The number of hydrogen-bond donors (Lipinski definition) is 0. The first kappa shape index (κ1) is 18.2. The zero-order chi connectivity index (χ0) is 7.71. The molecule has 0 fully saturated rings. The van der Waals surface area contributed by atoms with Crippen molar-refractivity contribution < 1.29 is 69.6 Å². The Labute approximate surface area is 85.2 Å². The van der Waals surface area contributed by atoms with E-state index in [0.717, 1.165) is 0 Å². The summed E-state index contributed by atoms with van der Waals surface area (Å²) in [5.74, 6) is 0. The second-order valence-electron chi connectivity index (χ2n) is 0.976. The number of hydrogen-bond acceptors (Lipinski definition) is 7. The van der Waals surface area contributed by atoms with Crippen LogP contribution in [0.4, 0.5) is 0 Å². The van der Waals surface area contributed by atoms with Crippen molar-refractivity contribution in [2.45, 2.75) is 0 Å². The Kier molecular flexibility index (Phi) is 9.86. The van der Waals surface area contributed by atoms with Gasteiger partial charge in [-0.1, -0.05) is 0 Å². The van der Waals surface area contributed by atoms with E-state index in [2.05, 4.69) is 4.31 Å². The predicted octanol–water partition coefficient (Wildman–Crippen LogP) is -3.34. The Hall–Kier alpha value is 1.40. The second-order valence-corrected chi connectivity index (χ2v) is 3.42. The van der Waals surface area contributed by atoms with Crippen molar-refractivity contribution in [2.24, 2.45) is 0 Å². The van der Waals surface area contributed by atoms with E-state index in [1.165, 1.54) is 0 Å². The van der Waals surface area contributed by atoms with E-state index in [9.17, 15) is 28.7 Å². The van der Waals surface area contributed by atoms with Crippen molar-refractivity contribution >= 4 is 15.6 Å². The molecular formula is CuO7P2Zn. The van der Waals surface area contributed by atoms with Crippen molar-refractivity contribution in [3.05, 3.63) is 0 Å². The Morgan fingerprint density at radius 3 is 1.09 bits per heavy atom. The summed E-state index contributed by atoms with van der Waals surface area (Å²) in [6.07, 6.45) is 0. The largest absolute Gasteiger partial charge is 2.00 e.